The molecule has 0 heterocycles. The number of rotatable bonds is 6. The number of nitrogens with zero attached hydrogens (tertiary/aromatic N) is 1. The van der Waals surface area contributed by atoms with Crippen molar-refractivity contribution in [3.05, 3.63) is 0 Å². The number of nitrogens with two attached hydrogens (primary N) is 1. The van der Waals surface area contributed by atoms with Crippen LogP contribution in [0.5, 0.6) is 0 Å². The first kappa shape index (κ1) is 13.8. The van der Waals surface area contributed by atoms with Gasteiger partial charge in [0.15, 0.2) is 0 Å². The molecule has 0 aromatic heterocycles. The molecule has 0 aliphatic carbocycles. The molecule has 0 saturated heterocycles. The van der Waals surface area contributed by atoms with Crippen molar-refractivity contribution in [1.29, 1.82) is 0 Å². The highest BCUT2D eigenvalue weighted by molar-refractivity contribution is 4.75. The Morgan fingerprint density at radius 1 is 1.29 bits per heavy atom. The lowest BCUT2D eigenvalue weighted by Gasteiger charge is -2.29. The maximum atomic E-state index is 12.9. The summed E-state index contributed by atoms with van der Waals surface area (Å²) in [5.41, 5.74) is 4.98. The highest BCUT2D eigenvalue weighted by atomic mass is 19.3. The van der Waals surface area contributed by atoms with Gasteiger partial charge >= 0.3 is 0 Å². The van der Waals surface area contributed by atoms with Crippen LogP contribution in [-0.2, 0) is 0 Å². The number of hydrogen-bond acceptors (Lipinski definition) is 2. The first-order valence-electron chi connectivity index (χ1n) is 5.06. The Bertz CT molecular complexity index is 160. The molecule has 1 atom stereocenters. The van der Waals surface area contributed by atoms with E-state index in [0.29, 0.717) is 5.92 Å². The van der Waals surface area contributed by atoms with E-state index in [0.717, 1.165) is 6.42 Å². The second kappa shape index (κ2) is 5.61. The predicted octanol–water partition coefficient (Wildman–Crippen LogP) is 1.95. The third kappa shape index (κ3) is 5.50. The van der Waals surface area contributed by atoms with Crippen molar-refractivity contribution in [2.24, 2.45) is 11.7 Å². The number of alkyl halides is 2. The molecule has 0 radical (unpaired) electrons. The highest BCUT2D eigenvalue weighted by Crippen LogP contribution is 2.16. The van der Waals surface area contributed by atoms with Crippen LogP contribution in [0.4, 0.5) is 8.78 Å². The summed E-state index contributed by atoms with van der Waals surface area (Å²) in [7, 11) is 1.72. The van der Waals surface area contributed by atoms with Gasteiger partial charge in [0.2, 0.25) is 0 Å². The van der Waals surface area contributed by atoms with Crippen molar-refractivity contribution >= 4 is 0 Å². The zero-order chi connectivity index (χ0) is 11.4. The van der Waals surface area contributed by atoms with E-state index in [2.05, 4.69) is 13.8 Å². The average molecular weight is 208 g/mol. The lowest BCUT2D eigenvalue weighted by molar-refractivity contribution is -0.0269. The summed E-state index contributed by atoms with van der Waals surface area (Å²) in [5, 5.41) is 0. The Hall–Kier alpha value is -0.220. The van der Waals surface area contributed by atoms with E-state index < -0.39 is 12.5 Å². The van der Waals surface area contributed by atoms with Gasteiger partial charge < -0.3 is 5.73 Å². The van der Waals surface area contributed by atoms with Crippen molar-refractivity contribution < 1.29 is 8.78 Å². The summed E-state index contributed by atoms with van der Waals surface area (Å²) >= 11 is 0. The molecule has 0 aromatic rings. The van der Waals surface area contributed by atoms with Gasteiger partial charge in [-0.2, -0.15) is 0 Å². The number of hydrogen-bond donors (Lipinski definition) is 1. The van der Waals surface area contributed by atoms with Crippen molar-refractivity contribution in [2.45, 2.75) is 39.2 Å². The van der Waals surface area contributed by atoms with Gasteiger partial charge in [-0.1, -0.05) is 13.8 Å². The summed E-state index contributed by atoms with van der Waals surface area (Å²) in [6.07, 6.45) is 0.928. The van der Waals surface area contributed by atoms with Gasteiger partial charge in [0, 0.05) is 6.04 Å². The summed E-state index contributed by atoms with van der Waals surface area (Å²) in [6.45, 7) is 5.31. The molecule has 14 heavy (non-hydrogen) atoms. The smallest absolute Gasteiger partial charge is 0.272 e. The van der Waals surface area contributed by atoms with E-state index in [9.17, 15) is 8.78 Å². The minimum absolute atomic E-state index is 0.174. The molecule has 0 saturated carbocycles. The van der Waals surface area contributed by atoms with E-state index in [4.69, 9.17) is 5.73 Å². The Labute approximate surface area is 85.5 Å². The maximum absolute atomic E-state index is 12.9. The molecule has 0 spiro atoms. The molecular formula is C10H22F2N2. The van der Waals surface area contributed by atoms with Gasteiger partial charge in [0.25, 0.3) is 5.92 Å². The van der Waals surface area contributed by atoms with Crippen LogP contribution < -0.4 is 5.73 Å². The van der Waals surface area contributed by atoms with Gasteiger partial charge in [-0.25, -0.2) is 8.78 Å². The Morgan fingerprint density at radius 2 is 1.79 bits per heavy atom. The summed E-state index contributed by atoms with van der Waals surface area (Å²) in [5.74, 6) is -2.24. The van der Waals surface area contributed by atoms with Crippen LogP contribution in [0, 0.1) is 5.92 Å². The van der Waals surface area contributed by atoms with Crippen LogP contribution in [-0.4, -0.2) is 37.0 Å². The Kier molecular flexibility index (Phi) is 5.52. The van der Waals surface area contributed by atoms with Crippen LogP contribution in [0.3, 0.4) is 0 Å². The number of halogens is 2. The lowest BCUT2D eigenvalue weighted by atomic mass is 10.0. The standard InChI is InChI=1S/C10H22F2N2/c1-8(2)5-9(3)14(4)7-10(11,12)6-13/h8-9H,5-7,13H2,1-4H3. The fourth-order valence-corrected chi connectivity index (χ4v) is 1.45. The minimum Gasteiger partial charge on any atom is -0.325 e. The zero-order valence-electron chi connectivity index (χ0n) is 9.56. The Balaban J connectivity index is 4.00. The van der Waals surface area contributed by atoms with E-state index in [1.54, 1.807) is 11.9 Å². The Morgan fingerprint density at radius 3 is 2.14 bits per heavy atom. The molecule has 0 amide bonds. The average Bonchev–Trinajstić information content (AvgIpc) is 2.02. The van der Waals surface area contributed by atoms with Crippen molar-refractivity contribution in [3.63, 3.8) is 0 Å². The maximum Gasteiger partial charge on any atom is 0.272 e. The van der Waals surface area contributed by atoms with Crippen LogP contribution in [0.25, 0.3) is 0 Å². The quantitative estimate of drug-likeness (QED) is 0.723. The predicted molar refractivity (Wildman–Crippen MR) is 55.5 cm³/mol. The van der Waals surface area contributed by atoms with Crippen molar-refractivity contribution in [1.82, 2.24) is 4.90 Å². The highest BCUT2D eigenvalue weighted by Gasteiger charge is 2.30. The molecule has 0 rings (SSSR count). The van der Waals surface area contributed by atoms with E-state index >= 15 is 0 Å². The largest absolute Gasteiger partial charge is 0.325 e. The second-order valence-electron chi connectivity index (χ2n) is 4.45. The monoisotopic (exact) mass is 208 g/mol. The SMILES string of the molecule is CC(C)CC(C)N(C)CC(F)(F)CN. The third-order valence-electron chi connectivity index (χ3n) is 2.34. The van der Waals surface area contributed by atoms with Gasteiger partial charge in [0.05, 0.1) is 13.1 Å². The van der Waals surface area contributed by atoms with E-state index in [1.807, 2.05) is 6.92 Å². The lowest BCUT2D eigenvalue weighted by Crippen LogP contribution is -2.43. The van der Waals surface area contributed by atoms with Crippen LogP contribution >= 0.6 is 0 Å². The first-order valence-corrected chi connectivity index (χ1v) is 5.06. The third-order valence-corrected chi connectivity index (χ3v) is 2.34. The molecule has 0 aliphatic rings. The van der Waals surface area contributed by atoms with Crippen molar-refractivity contribution in [3.8, 4) is 0 Å². The fraction of sp³-hybridized carbons (Fsp3) is 1.00. The van der Waals surface area contributed by atoms with Gasteiger partial charge in [0.1, 0.15) is 0 Å². The van der Waals surface area contributed by atoms with Crippen LogP contribution in [0.15, 0.2) is 0 Å². The summed E-state index contributed by atoms with van der Waals surface area (Å²) in [6, 6.07) is 0.174. The van der Waals surface area contributed by atoms with Crippen LogP contribution in [0.1, 0.15) is 27.2 Å². The topological polar surface area (TPSA) is 29.3 Å². The molecule has 0 aliphatic heterocycles. The molecule has 0 fully saturated rings. The molecule has 86 valence electrons. The van der Waals surface area contributed by atoms with Crippen LogP contribution in [0.2, 0.25) is 0 Å². The van der Waals surface area contributed by atoms with Gasteiger partial charge in [-0.15, -0.1) is 0 Å². The fourth-order valence-electron chi connectivity index (χ4n) is 1.45. The molecule has 1 unspecified atom stereocenters. The summed E-state index contributed by atoms with van der Waals surface area (Å²) in [4.78, 5) is 1.67. The second-order valence-corrected chi connectivity index (χ2v) is 4.45. The molecular weight excluding hydrogens is 186 g/mol. The molecule has 0 aromatic carbocycles. The minimum atomic E-state index is -2.76. The van der Waals surface area contributed by atoms with Gasteiger partial charge in [-0.3, -0.25) is 4.90 Å². The van der Waals surface area contributed by atoms with E-state index in [-0.39, 0.29) is 12.6 Å². The van der Waals surface area contributed by atoms with Gasteiger partial charge in [-0.05, 0) is 26.3 Å². The summed E-state index contributed by atoms with van der Waals surface area (Å²) < 4.78 is 25.9. The molecule has 2 N–H and O–H groups in total. The normalized spacial score (nSPS) is 15.2. The molecule has 4 heteroatoms. The zero-order valence-corrected chi connectivity index (χ0v) is 9.56. The van der Waals surface area contributed by atoms with E-state index in [1.165, 1.54) is 0 Å². The first-order chi connectivity index (χ1) is 6.28. The molecule has 0 bridgehead atoms. The molecule has 2 nitrogen and oxygen atoms in total. The van der Waals surface area contributed by atoms with Crippen molar-refractivity contribution in [2.75, 3.05) is 20.1 Å².